The molecule has 0 aliphatic carbocycles. The zero-order valence-corrected chi connectivity index (χ0v) is 12.0. The average molecular weight is 312 g/mol. The SMILES string of the molecule is N#CCCN(CCC#N)/[N+]([O-])=N/N1C(=O)c2ccccc2C1=O. The van der Waals surface area contributed by atoms with E-state index in [9.17, 15) is 14.8 Å². The van der Waals surface area contributed by atoms with E-state index >= 15 is 0 Å². The maximum absolute atomic E-state index is 12.1. The quantitative estimate of drug-likeness (QED) is 0.336. The van der Waals surface area contributed by atoms with Crippen LogP contribution in [0.3, 0.4) is 0 Å². The maximum Gasteiger partial charge on any atom is 0.370 e. The minimum Gasteiger partial charge on any atom is -0.673 e. The van der Waals surface area contributed by atoms with Crippen molar-refractivity contribution in [1.82, 2.24) is 10.0 Å². The van der Waals surface area contributed by atoms with Crippen molar-refractivity contribution in [3.8, 4) is 12.1 Å². The van der Waals surface area contributed by atoms with Crippen LogP contribution < -0.4 is 0 Å². The number of nitriles is 2. The summed E-state index contributed by atoms with van der Waals surface area (Å²) in [6.07, 6.45) is 0.0869. The molecule has 1 heterocycles. The molecule has 0 radical (unpaired) electrons. The number of carbonyl (C=O) groups excluding carboxylic acids is 2. The van der Waals surface area contributed by atoms with E-state index in [1.54, 1.807) is 12.1 Å². The van der Waals surface area contributed by atoms with Gasteiger partial charge in [0.1, 0.15) is 5.22 Å². The molecule has 2 rings (SSSR count). The summed E-state index contributed by atoms with van der Waals surface area (Å²) in [5, 5.41) is 34.3. The summed E-state index contributed by atoms with van der Waals surface area (Å²) in [4.78, 5) is 24.3. The Morgan fingerprint density at radius 2 is 1.57 bits per heavy atom. The van der Waals surface area contributed by atoms with Gasteiger partial charge in [-0.1, -0.05) is 17.1 Å². The van der Waals surface area contributed by atoms with E-state index in [0.717, 1.165) is 5.01 Å². The molecule has 9 heteroatoms. The first-order chi connectivity index (χ1) is 11.1. The Morgan fingerprint density at radius 1 is 1.09 bits per heavy atom. The summed E-state index contributed by atoms with van der Waals surface area (Å²) in [6.45, 7) is 0.0721. The molecule has 23 heavy (non-hydrogen) atoms. The molecule has 116 valence electrons. The number of hydrogen-bond donors (Lipinski definition) is 0. The molecule has 1 aromatic carbocycles. The largest absolute Gasteiger partial charge is 0.673 e. The first-order valence-corrected chi connectivity index (χ1v) is 6.75. The number of nitrogens with zero attached hydrogens (tertiary/aromatic N) is 6. The molecule has 1 aliphatic heterocycles. The molecule has 0 bridgehead atoms. The van der Waals surface area contributed by atoms with E-state index in [1.165, 1.54) is 12.1 Å². The van der Waals surface area contributed by atoms with Crippen molar-refractivity contribution in [2.24, 2.45) is 5.22 Å². The van der Waals surface area contributed by atoms with Gasteiger partial charge >= 0.3 is 11.8 Å². The van der Waals surface area contributed by atoms with Gasteiger partial charge in [0.15, 0.2) is 0 Å². The Hall–Kier alpha value is -3.46. The van der Waals surface area contributed by atoms with E-state index < -0.39 is 11.8 Å². The van der Waals surface area contributed by atoms with Gasteiger partial charge in [-0.05, 0) is 17.1 Å². The van der Waals surface area contributed by atoms with Gasteiger partial charge in [0.25, 0.3) is 0 Å². The normalized spacial score (nSPS) is 13.5. The molecule has 0 unspecified atom stereocenters. The lowest BCUT2D eigenvalue weighted by Gasteiger charge is -2.22. The summed E-state index contributed by atoms with van der Waals surface area (Å²) in [7, 11) is 0. The summed E-state index contributed by atoms with van der Waals surface area (Å²) < 4.78 is 0. The van der Waals surface area contributed by atoms with Crippen molar-refractivity contribution >= 4 is 11.8 Å². The predicted molar refractivity (Wildman–Crippen MR) is 75.0 cm³/mol. The molecule has 1 aromatic rings. The fraction of sp³-hybridized carbons (Fsp3) is 0.286. The fourth-order valence-corrected chi connectivity index (χ4v) is 2.03. The van der Waals surface area contributed by atoms with Gasteiger partial charge in [-0.3, -0.25) is 0 Å². The summed E-state index contributed by atoms with van der Waals surface area (Å²) in [5.41, 5.74) is 0.352. The van der Waals surface area contributed by atoms with Gasteiger partial charge in [-0.15, -0.1) is 0 Å². The molecular formula is C14H12N6O3. The number of hydrazine groups is 1. The molecule has 0 atom stereocenters. The number of imide groups is 1. The lowest BCUT2D eigenvalue weighted by atomic mass is 10.1. The molecule has 0 N–H and O–H groups in total. The Bertz CT molecular complexity index is 693. The number of rotatable bonds is 6. The summed E-state index contributed by atoms with van der Waals surface area (Å²) >= 11 is 0. The van der Waals surface area contributed by atoms with Gasteiger partial charge in [0, 0.05) is 0 Å². The van der Waals surface area contributed by atoms with Gasteiger partial charge in [-0.25, -0.2) is 14.6 Å². The van der Waals surface area contributed by atoms with Crippen LogP contribution in [0.1, 0.15) is 33.6 Å². The number of benzene rings is 1. The lowest BCUT2D eigenvalue weighted by Crippen LogP contribution is -2.36. The van der Waals surface area contributed by atoms with Crippen LogP contribution in [0.15, 0.2) is 29.5 Å². The second kappa shape index (κ2) is 7.00. The highest BCUT2D eigenvalue weighted by molar-refractivity contribution is 6.20. The summed E-state index contributed by atoms with van der Waals surface area (Å²) in [5.74, 6) is -1.38. The minimum atomic E-state index is -0.688. The van der Waals surface area contributed by atoms with Crippen LogP contribution in [-0.2, 0) is 0 Å². The highest BCUT2D eigenvalue weighted by Gasteiger charge is 2.43. The Kier molecular flexibility index (Phi) is 4.85. The molecular weight excluding hydrogens is 300 g/mol. The van der Waals surface area contributed by atoms with Crippen LogP contribution in [0, 0.1) is 27.9 Å². The van der Waals surface area contributed by atoms with Crippen molar-refractivity contribution in [3.05, 3.63) is 40.6 Å². The molecule has 0 fully saturated rings. The number of carbonyl (C=O) groups is 2. The van der Waals surface area contributed by atoms with Crippen LogP contribution in [0.4, 0.5) is 0 Å². The van der Waals surface area contributed by atoms with Crippen molar-refractivity contribution < 1.29 is 14.6 Å². The van der Waals surface area contributed by atoms with Crippen LogP contribution >= 0.6 is 0 Å². The second-order valence-electron chi connectivity index (χ2n) is 4.58. The molecule has 1 aliphatic rings. The van der Waals surface area contributed by atoms with Crippen LogP contribution in [0.2, 0.25) is 0 Å². The molecule has 0 spiro atoms. The molecule has 0 saturated carbocycles. The van der Waals surface area contributed by atoms with Crippen LogP contribution in [0.25, 0.3) is 0 Å². The standard InChI is InChI=1S/C14H12N6O3/c15-7-3-9-18(10-4-8-16)20(23)17-19-13(21)11-5-1-2-6-12(11)14(19)22/h1-2,5-6H,3-4,9-10H2/b20-17-. The smallest absolute Gasteiger partial charge is 0.370 e. The third kappa shape index (κ3) is 3.24. The third-order valence-electron chi connectivity index (χ3n) is 3.14. The van der Waals surface area contributed by atoms with Gasteiger partial charge in [0.05, 0.1) is 49.2 Å². The summed E-state index contributed by atoms with van der Waals surface area (Å²) in [6, 6.07) is 9.91. The van der Waals surface area contributed by atoms with Crippen molar-refractivity contribution in [1.29, 1.82) is 10.5 Å². The number of amides is 2. The predicted octanol–water partition coefficient (Wildman–Crippen LogP) is 1.20. The maximum atomic E-state index is 12.1. The van der Waals surface area contributed by atoms with Crippen molar-refractivity contribution in [3.63, 3.8) is 0 Å². The van der Waals surface area contributed by atoms with E-state index in [0.29, 0.717) is 5.01 Å². The topological polar surface area (TPSA) is 127 Å². The first kappa shape index (κ1) is 15.9. The van der Waals surface area contributed by atoms with Gasteiger partial charge in [-0.2, -0.15) is 10.5 Å². The lowest BCUT2D eigenvalue weighted by molar-refractivity contribution is -0.700. The molecule has 9 nitrogen and oxygen atoms in total. The highest BCUT2D eigenvalue weighted by Crippen LogP contribution is 2.22. The highest BCUT2D eigenvalue weighted by atomic mass is 16.6. The van der Waals surface area contributed by atoms with Crippen LogP contribution in [0.5, 0.6) is 0 Å². The molecule has 2 amide bonds. The first-order valence-electron chi connectivity index (χ1n) is 6.75. The monoisotopic (exact) mass is 312 g/mol. The zero-order valence-electron chi connectivity index (χ0n) is 12.0. The Morgan fingerprint density at radius 3 is 2.00 bits per heavy atom. The van der Waals surface area contributed by atoms with Crippen LogP contribution in [-0.4, -0.2) is 39.9 Å². The minimum absolute atomic E-state index is 0.0361. The average Bonchev–Trinajstić information content (AvgIpc) is 2.80. The van der Waals surface area contributed by atoms with E-state index in [4.69, 9.17) is 10.5 Å². The zero-order chi connectivity index (χ0) is 16.8. The molecule has 0 aromatic heterocycles. The Balaban J connectivity index is 2.23. The van der Waals surface area contributed by atoms with Crippen molar-refractivity contribution in [2.45, 2.75) is 12.8 Å². The number of fused-ring (bicyclic) bond motifs is 1. The van der Waals surface area contributed by atoms with E-state index in [-0.39, 0.29) is 42.0 Å². The third-order valence-corrected chi connectivity index (χ3v) is 3.14. The van der Waals surface area contributed by atoms with Gasteiger partial charge in [0.2, 0.25) is 0 Å². The van der Waals surface area contributed by atoms with E-state index in [1.807, 2.05) is 12.1 Å². The number of hydrogen-bond acceptors (Lipinski definition) is 6. The van der Waals surface area contributed by atoms with Crippen molar-refractivity contribution in [2.75, 3.05) is 13.1 Å². The van der Waals surface area contributed by atoms with E-state index in [2.05, 4.69) is 5.22 Å². The fourth-order valence-electron chi connectivity index (χ4n) is 2.03. The molecule has 0 saturated heterocycles. The second-order valence-corrected chi connectivity index (χ2v) is 4.58. The Labute approximate surface area is 131 Å². The van der Waals surface area contributed by atoms with Gasteiger partial charge < -0.3 is 5.21 Å².